The Kier molecular flexibility index (Phi) is 7.53. The third-order valence-corrected chi connectivity index (χ3v) is 6.08. The maximum atomic E-state index is 12.2. The Balaban J connectivity index is 1.29. The van der Waals surface area contributed by atoms with Crippen molar-refractivity contribution in [1.82, 2.24) is 4.90 Å². The molecule has 0 unspecified atom stereocenters. The fourth-order valence-corrected chi connectivity index (χ4v) is 4.21. The standard InChI is InChI=1S/C25H25Cl2N3O2/c26-22-9-5-4-6-19(22)17-29-12-14-30(15-13-29)24-11-10-20(16-23(24)27)28-25(31)18-32-21-7-2-1-3-8-21/h1-11,16H,12-15,17-18H2,(H,28,31). The smallest absolute Gasteiger partial charge is 0.262 e. The van der Waals surface area contributed by atoms with Gasteiger partial charge in [0.05, 0.1) is 10.7 Å². The molecule has 1 amide bonds. The van der Waals surface area contributed by atoms with E-state index in [1.54, 1.807) is 6.07 Å². The van der Waals surface area contributed by atoms with Crippen molar-refractivity contribution >= 4 is 40.5 Å². The van der Waals surface area contributed by atoms with Crippen LogP contribution >= 0.6 is 23.2 Å². The lowest BCUT2D eigenvalue weighted by Crippen LogP contribution is -2.46. The highest BCUT2D eigenvalue weighted by molar-refractivity contribution is 6.33. The van der Waals surface area contributed by atoms with Crippen LogP contribution in [-0.4, -0.2) is 43.6 Å². The lowest BCUT2D eigenvalue weighted by atomic mass is 10.2. The van der Waals surface area contributed by atoms with E-state index in [-0.39, 0.29) is 12.5 Å². The van der Waals surface area contributed by atoms with Crippen LogP contribution in [0.4, 0.5) is 11.4 Å². The number of para-hydroxylation sites is 1. The first-order valence-corrected chi connectivity index (χ1v) is 11.3. The molecule has 1 aliphatic rings. The van der Waals surface area contributed by atoms with Gasteiger partial charge in [0.2, 0.25) is 0 Å². The maximum Gasteiger partial charge on any atom is 0.262 e. The van der Waals surface area contributed by atoms with Crippen LogP contribution in [-0.2, 0) is 11.3 Å². The summed E-state index contributed by atoms with van der Waals surface area (Å²) in [5, 5.41) is 4.26. The van der Waals surface area contributed by atoms with Crippen molar-refractivity contribution in [1.29, 1.82) is 0 Å². The van der Waals surface area contributed by atoms with Crippen molar-refractivity contribution in [2.24, 2.45) is 0 Å². The molecule has 0 bridgehead atoms. The summed E-state index contributed by atoms with van der Waals surface area (Å²) in [6.45, 7) is 4.39. The fraction of sp³-hybridized carbons (Fsp3) is 0.240. The molecule has 1 heterocycles. The predicted octanol–water partition coefficient (Wildman–Crippen LogP) is 5.33. The van der Waals surface area contributed by atoms with Crippen molar-refractivity contribution < 1.29 is 9.53 Å². The zero-order valence-corrected chi connectivity index (χ0v) is 19.1. The van der Waals surface area contributed by atoms with Gasteiger partial charge in [-0.1, -0.05) is 59.6 Å². The van der Waals surface area contributed by atoms with Gasteiger partial charge in [0.1, 0.15) is 5.75 Å². The molecule has 0 atom stereocenters. The van der Waals surface area contributed by atoms with E-state index in [0.29, 0.717) is 16.5 Å². The molecule has 1 fully saturated rings. The number of nitrogens with zero attached hydrogens (tertiary/aromatic N) is 2. The van der Waals surface area contributed by atoms with Gasteiger partial charge in [0, 0.05) is 43.4 Å². The largest absolute Gasteiger partial charge is 0.484 e. The molecule has 0 radical (unpaired) electrons. The van der Waals surface area contributed by atoms with Crippen molar-refractivity contribution in [2.75, 3.05) is 43.0 Å². The maximum absolute atomic E-state index is 12.2. The quantitative estimate of drug-likeness (QED) is 0.507. The highest BCUT2D eigenvalue weighted by Gasteiger charge is 2.20. The van der Waals surface area contributed by atoms with Crippen LogP contribution < -0.4 is 15.0 Å². The van der Waals surface area contributed by atoms with Gasteiger partial charge in [0.15, 0.2) is 6.61 Å². The van der Waals surface area contributed by atoms with Crippen LogP contribution in [0.3, 0.4) is 0 Å². The van der Waals surface area contributed by atoms with Crippen LogP contribution in [0.15, 0.2) is 72.8 Å². The Labute approximate surface area is 198 Å². The van der Waals surface area contributed by atoms with Crippen LogP contribution in [0.1, 0.15) is 5.56 Å². The summed E-state index contributed by atoms with van der Waals surface area (Å²) in [6.07, 6.45) is 0. The molecule has 4 rings (SSSR count). The van der Waals surface area contributed by atoms with Gasteiger partial charge in [-0.15, -0.1) is 0 Å². The molecule has 32 heavy (non-hydrogen) atoms. The number of ether oxygens (including phenoxy) is 1. The fourth-order valence-electron chi connectivity index (χ4n) is 3.72. The Morgan fingerprint density at radius 1 is 0.875 bits per heavy atom. The number of carbonyl (C=O) groups is 1. The minimum atomic E-state index is -0.231. The molecule has 0 aliphatic carbocycles. The number of hydrogen-bond donors (Lipinski definition) is 1. The van der Waals surface area contributed by atoms with E-state index in [1.165, 1.54) is 0 Å². The average Bonchev–Trinajstić information content (AvgIpc) is 2.81. The number of carbonyl (C=O) groups excluding carboxylic acids is 1. The molecule has 7 heteroatoms. The summed E-state index contributed by atoms with van der Waals surface area (Å²) in [4.78, 5) is 16.9. The minimum absolute atomic E-state index is 0.0588. The van der Waals surface area contributed by atoms with Gasteiger partial charge in [-0.2, -0.15) is 0 Å². The molecular weight excluding hydrogens is 445 g/mol. The normalized spacial score (nSPS) is 14.2. The van der Waals surface area contributed by atoms with E-state index in [0.717, 1.165) is 49.0 Å². The van der Waals surface area contributed by atoms with Crippen LogP contribution in [0, 0.1) is 0 Å². The lowest BCUT2D eigenvalue weighted by molar-refractivity contribution is -0.118. The summed E-state index contributed by atoms with van der Waals surface area (Å²) < 4.78 is 5.48. The minimum Gasteiger partial charge on any atom is -0.484 e. The number of benzene rings is 3. The van der Waals surface area contributed by atoms with Crippen molar-refractivity contribution in [3.05, 3.63) is 88.4 Å². The van der Waals surface area contributed by atoms with Crippen LogP contribution in [0.2, 0.25) is 10.0 Å². The lowest BCUT2D eigenvalue weighted by Gasteiger charge is -2.36. The first-order valence-electron chi connectivity index (χ1n) is 10.6. The number of halogens is 2. The molecule has 1 saturated heterocycles. The Hall–Kier alpha value is -2.73. The van der Waals surface area contributed by atoms with Gasteiger partial charge in [0.25, 0.3) is 5.91 Å². The SMILES string of the molecule is O=C(COc1ccccc1)Nc1ccc(N2CCN(Cc3ccccc3Cl)CC2)c(Cl)c1. The zero-order chi connectivity index (χ0) is 22.3. The molecule has 3 aromatic rings. The highest BCUT2D eigenvalue weighted by atomic mass is 35.5. The third-order valence-electron chi connectivity index (χ3n) is 5.41. The van der Waals surface area contributed by atoms with E-state index in [2.05, 4.69) is 21.2 Å². The Morgan fingerprint density at radius 3 is 2.31 bits per heavy atom. The molecular formula is C25H25Cl2N3O2. The molecule has 0 aromatic heterocycles. The first-order chi connectivity index (χ1) is 15.6. The number of rotatable bonds is 7. The Bertz CT molecular complexity index is 1050. The number of anilines is 2. The highest BCUT2D eigenvalue weighted by Crippen LogP contribution is 2.30. The summed E-state index contributed by atoms with van der Waals surface area (Å²) in [5.41, 5.74) is 2.78. The molecule has 0 spiro atoms. The Morgan fingerprint density at radius 2 is 1.59 bits per heavy atom. The molecule has 166 valence electrons. The van der Waals surface area contributed by atoms with Gasteiger partial charge >= 0.3 is 0 Å². The second-order valence-electron chi connectivity index (χ2n) is 7.67. The number of piperazine rings is 1. The summed E-state index contributed by atoms with van der Waals surface area (Å²) >= 11 is 12.8. The third kappa shape index (κ3) is 5.94. The van der Waals surface area contributed by atoms with Crippen LogP contribution in [0.5, 0.6) is 5.75 Å². The van der Waals surface area contributed by atoms with E-state index >= 15 is 0 Å². The number of hydrogen-bond acceptors (Lipinski definition) is 4. The average molecular weight is 470 g/mol. The zero-order valence-electron chi connectivity index (χ0n) is 17.6. The molecule has 0 saturated carbocycles. The summed E-state index contributed by atoms with van der Waals surface area (Å²) in [5.74, 6) is 0.426. The second kappa shape index (κ2) is 10.7. The summed E-state index contributed by atoms with van der Waals surface area (Å²) in [7, 11) is 0. The molecule has 3 aromatic carbocycles. The van der Waals surface area contributed by atoms with Crippen molar-refractivity contribution in [3.8, 4) is 5.75 Å². The monoisotopic (exact) mass is 469 g/mol. The van der Waals surface area contributed by atoms with Gasteiger partial charge < -0.3 is 15.0 Å². The van der Waals surface area contributed by atoms with Crippen molar-refractivity contribution in [2.45, 2.75) is 6.54 Å². The molecule has 5 nitrogen and oxygen atoms in total. The molecule has 1 aliphatic heterocycles. The summed E-state index contributed by atoms with van der Waals surface area (Å²) in [6, 6.07) is 22.8. The van der Waals surface area contributed by atoms with E-state index in [9.17, 15) is 4.79 Å². The van der Waals surface area contributed by atoms with E-state index in [4.69, 9.17) is 27.9 Å². The van der Waals surface area contributed by atoms with Crippen LogP contribution in [0.25, 0.3) is 0 Å². The van der Waals surface area contributed by atoms with E-state index in [1.807, 2.05) is 60.7 Å². The first kappa shape index (κ1) is 22.5. The predicted molar refractivity (Wildman–Crippen MR) is 131 cm³/mol. The van der Waals surface area contributed by atoms with Gasteiger partial charge in [-0.3, -0.25) is 9.69 Å². The number of amides is 1. The molecule has 1 N–H and O–H groups in total. The van der Waals surface area contributed by atoms with Gasteiger partial charge in [-0.05, 0) is 42.0 Å². The topological polar surface area (TPSA) is 44.8 Å². The van der Waals surface area contributed by atoms with Crippen molar-refractivity contribution in [3.63, 3.8) is 0 Å². The van der Waals surface area contributed by atoms with E-state index < -0.39 is 0 Å². The van der Waals surface area contributed by atoms with Gasteiger partial charge in [-0.25, -0.2) is 0 Å². The number of nitrogens with one attached hydrogen (secondary N) is 1. The second-order valence-corrected chi connectivity index (χ2v) is 8.49.